The van der Waals surface area contributed by atoms with Gasteiger partial charge in [-0.05, 0) is 25.3 Å². The summed E-state index contributed by atoms with van der Waals surface area (Å²) in [5, 5.41) is 23.0. The molecule has 1 aromatic carbocycles. The quantitative estimate of drug-likeness (QED) is 0.429. The lowest BCUT2D eigenvalue weighted by molar-refractivity contribution is 0.0691. The zero-order valence-corrected chi connectivity index (χ0v) is 15.3. The van der Waals surface area contributed by atoms with Gasteiger partial charge in [0.15, 0.2) is 5.82 Å². The number of H-pyrrole nitrogens is 1. The second kappa shape index (κ2) is 8.64. The van der Waals surface area contributed by atoms with Gasteiger partial charge in [0.25, 0.3) is 0 Å². The van der Waals surface area contributed by atoms with Crippen LogP contribution in [-0.2, 0) is 0 Å². The van der Waals surface area contributed by atoms with Crippen molar-refractivity contribution in [1.29, 1.82) is 0 Å². The fraction of sp³-hybridized carbons (Fsp3) is 0.350. The van der Waals surface area contributed by atoms with Gasteiger partial charge in [0.05, 0.1) is 11.5 Å². The Balaban J connectivity index is 1.85. The highest BCUT2D eigenvalue weighted by Crippen LogP contribution is 2.26. The number of aliphatic hydroxyl groups is 1. The topological polar surface area (TPSA) is 111 Å². The van der Waals surface area contributed by atoms with Gasteiger partial charge in [-0.2, -0.15) is 0 Å². The molecule has 1 atom stereocenters. The molecule has 3 rings (SSSR count). The lowest BCUT2D eigenvalue weighted by Gasteiger charge is -2.11. The molecule has 0 unspecified atom stereocenters. The first-order chi connectivity index (χ1) is 13.1. The van der Waals surface area contributed by atoms with Gasteiger partial charge in [-0.3, -0.25) is 0 Å². The van der Waals surface area contributed by atoms with E-state index in [1.54, 1.807) is 6.07 Å². The third-order valence-electron chi connectivity index (χ3n) is 4.38. The second-order valence-corrected chi connectivity index (χ2v) is 6.52. The molecule has 27 heavy (non-hydrogen) atoms. The molecule has 0 aliphatic carbocycles. The molecule has 0 saturated carbocycles. The van der Waals surface area contributed by atoms with Crippen LogP contribution in [0.15, 0.2) is 36.4 Å². The number of carboxylic acid groups (broad SMARTS) is 1. The predicted molar refractivity (Wildman–Crippen MR) is 105 cm³/mol. The van der Waals surface area contributed by atoms with Crippen molar-refractivity contribution < 1.29 is 15.0 Å². The van der Waals surface area contributed by atoms with Crippen LogP contribution in [-0.4, -0.2) is 43.8 Å². The Morgan fingerprint density at radius 3 is 2.70 bits per heavy atom. The first kappa shape index (κ1) is 18.8. The summed E-state index contributed by atoms with van der Waals surface area (Å²) < 4.78 is 0. The molecule has 142 valence electrons. The number of aromatic nitrogens is 3. The molecule has 0 radical (unpaired) electrons. The van der Waals surface area contributed by atoms with Crippen LogP contribution in [0, 0.1) is 0 Å². The summed E-state index contributed by atoms with van der Waals surface area (Å²) in [5.41, 5.74) is 1.41. The van der Waals surface area contributed by atoms with Gasteiger partial charge >= 0.3 is 5.97 Å². The number of carbonyl (C=O) groups is 1. The summed E-state index contributed by atoms with van der Waals surface area (Å²) in [5.74, 6) is 0.0749. The number of rotatable bonds is 9. The van der Waals surface area contributed by atoms with E-state index in [1.165, 1.54) is 0 Å². The van der Waals surface area contributed by atoms with E-state index in [4.69, 9.17) is 0 Å². The number of aromatic carboxylic acids is 1. The van der Waals surface area contributed by atoms with Crippen molar-refractivity contribution in [2.75, 3.05) is 11.9 Å². The average Bonchev–Trinajstić information content (AvgIpc) is 3.11. The number of benzene rings is 1. The average molecular weight is 368 g/mol. The van der Waals surface area contributed by atoms with Gasteiger partial charge in [0.2, 0.25) is 0 Å². The van der Waals surface area contributed by atoms with Gasteiger partial charge in [-0.25, -0.2) is 14.8 Å². The van der Waals surface area contributed by atoms with E-state index in [-0.39, 0.29) is 11.8 Å². The third-order valence-corrected chi connectivity index (χ3v) is 4.38. The molecule has 0 aliphatic rings. The van der Waals surface area contributed by atoms with Crippen molar-refractivity contribution in [2.24, 2.45) is 0 Å². The third kappa shape index (κ3) is 4.62. The van der Waals surface area contributed by atoms with Crippen molar-refractivity contribution in [1.82, 2.24) is 15.0 Å². The van der Waals surface area contributed by atoms with E-state index in [9.17, 15) is 15.0 Å². The van der Waals surface area contributed by atoms with Crippen molar-refractivity contribution in [3.8, 4) is 11.4 Å². The lowest BCUT2D eigenvalue weighted by Crippen LogP contribution is -2.10. The summed E-state index contributed by atoms with van der Waals surface area (Å²) in [6.07, 6.45) is 2.99. The molecule has 0 saturated heterocycles. The van der Waals surface area contributed by atoms with E-state index >= 15 is 0 Å². The van der Waals surface area contributed by atoms with Crippen LogP contribution in [0.25, 0.3) is 22.4 Å². The molecular weight excluding hydrogens is 344 g/mol. The summed E-state index contributed by atoms with van der Waals surface area (Å²) >= 11 is 0. The number of anilines is 1. The first-order valence-electron chi connectivity index (χ1n) is 9.20. The van der Waals surface area contributed by atoms with E-state index in [2.05, 4.69) is 27.2 Å². The van der Waals surface area contributed by atoms with Crippen molar-refractivity contribution >= 4 is 22.8 Å². The van der Waals surface area contributed by atoms with E-state index < -0.39 is 5.97 Å². The van der Waals surface area contributed by atoms with Gasteiger partial charge in [-0.15, -0.1) is 0 Å². The molecule has 0 spiro atoms. The second-order valence-electron chi connectivity index (χ2n) is 6.52. The Labute approximate surface area is 157 Å². The highest BCUT2D eigenvalue weighted by atomic mass is 16.4. The SMILES string of the molecule is CCC[C@@H](O)CCCNc1nc(-c2ccccc2)nc2[nH]c(C(=O)O)cc12. The Bertz CT molecular complexity index is 908. The smallest absolute Gasteiger partial charge is 0.352 e. The Morgan fingerprint density at radius 1 is 1.22 bits per heavy atom. The minimum atomic E-state index is -1.04. The molecule has 3 aromatic rings. The molecule has 0 aliphatic heterocycles. The van der Waals surface area contributed by atoms with Crippen molar-refractivity contribution in [3.63, 3.8) is 0 Å². The van der Waals surface area contributed by atoms with Crippen molar-refractivity contribution in [3.05, 3.63) is 42.1 Å². The molecule has 2 heterocycles. The maximum Gasteiger partial charge on any atom is 0.352 e. The molecule has 7 heteroatoms. The molecule has 7 nitrogen and oxygen atoms in total. The molecule has 0 fully saturated rings. The van der Waals surface area contributed by atoms with Crippen LogP contribution in [0.2, 0.25) is 0 Å². The lowest BCUT2D eigenvalue weighted by atomic mass is 10.1. The highest BCUT2D eigenvalue weighted by molar-refractivity contribution is 5.97. The number of hydrogen-bond acceptors (Lipinski definition) is 5. The van der Waals surface area contributed by atoms with E-state index in [0.29, 0.717) is 35.6 Å². The van der Waals surface area contributed by atoms with Crippen LogP contribution in [0.5, 0.6) is 0 Å². The van der Waals surface area contributed by atoms with Crippen LogP contribution >= 0.6 is 0 Å². The summed E-state index contributed by atoms with van der Waals surface area (Å²) in [4.78, 5) is 23.2. The molecule has 0 bridgehead atoms. The zero-order chi connectivity index (χ0) is 19.2. The Kier molecular flexibility index (Phi) is 6.03. The van der Waals surface area contributed by atoms with Crippen LogP contribution in [0.4, 0.5) is 5.82 Å². The Hall–Kier alpha value is -2.93. The van der Waals surface area contributed by atoms with E-state index in [1.807, 2.05) is 30.3 Å². The van der Waals surface area contributed by atoms with Crippen molar-refractivity contribution in [2.45, 2.75) is 38.7 Å². The largest absolute Gasteiger partial charge is 0.477 e. The van der Waals surface area contributed by atoms with Crippen LogP contribution < -0.4 is 5.32 Å². The number of carboxylic acids is 1. The minimum absolute atomic E-state index is 0.0749. The highest BCUT2D eigenvalue weighted by Gasteiger charge is 2.15. The summed E-state index contributed by atoms with van der Waals surface area (Å²) in [7, 11) is 0. The standard InChI is InChI=1S/C20H24N4O3/c1-2-7-14(25)10-6-11-21-18-15-12-16(20(26)27)22-19(15)24-17(23-18)13-8-4-3-5-9-13/h3-5,8-9,12,14,25H,2,6-7,10-11H2,1H3,(H,26,27)(H2,21,22,23,24)/t14-/m1/s1. The molecular formula is C20H24N4O3. The maximum atomic E-state index is 11.3. The van der Waals surface area contributed by atoms with Gasteiger partial charge in [-0.1, -0.05) is 43.7 Å². The number of aromatic amines is 1. The summed E-state index contributed by atoms with van der Waals surface area (Å²) in [6, 6.07) is 11.1. The van der Waals surface area contributed by atoms with E-state index in [0.717, 1.165) is 24.8 Å². The maximum absolute atomic E-state index is 11.3. The predicted octanol–water partition coefficient (Wildman–Crippen LogP) is 3.68. The fourth-order valence-corrected chi connectivity index (χ4v) is 3.00. The number of fused-ring (bicyclic) bond motifs is 1. The number of hydrogen-bond donors (Lipinski definition) is 4. The first-order valence-corrected chi connectivity index (χ1v) is 9.20. The van der Waals surface area contributed by atoms with Crippen LogP contribution in [0.1, 0.15) is 43.1 Å². The van der Waals surface area contributed by atoms with Gasteiger partial charge < -0.3 is 20.5 Å². The fourth-order valence-electron chi connectivity index (χ4n) is 3.00. The molecule has 0 amide bonds. The van der Waals surface area contributed by atoms with Gasteiger partial charge in [0, 0.05) is 12.1 Å². The molecule has 2 aromatic heterocycles. The number of nitrogens with zero attached hydrogens (tertiary/aromatic N) is 2. The zero-order valence-electron chi connectivity index (χ0n) is 15.3. The normalized spacial score (nSPS) is 12.2. The monoisotopic (exact) mass is 368 g/mol. The molecule has 4 N–H and O–H groups in total. The minimum Gasteiger partial charge on any atom is -0.477 e. The van der Waals surface area contributed by atoms with Gasteiger partial charge in [0.1, 0.15) is 17.2 Å². The van der Waals surface area contributed by atoms with Crippen LogP contribution in [0.3, 0.4) is 0 Å². The Morgan fingerprint density at radius 2 is 2.00 bits per heavy atom. The summed E-state index contributed by atoms with van der Waals surface area (Å²) in [6.45, 7) is 2.69. The number of aliphatic hydroxyl groups excluding tert-OH is 1. The number of nitrogens with one attached hydrogen (secondary N) is 2.